The Kier molecular flexibility index (Phi) is 7.86. The van der Waals surface area contributed by atoms with Crippen LogP contribution in [0.15, 0.2) is 47.6 Å². The van der Waals surface area contributed by atoms with Gasteiger partial charge in [-0.2, -0.15) is 9.97 Å². The summed E-state index contributed by atoms with van der Waals surface area (Å²) in [5.41, 5.74) is 7.17. The van der Waals surface area contributed by atoms with Crippen molar-refractivity contribution in [1.82, 2.24) is 15.0 Å². The van der Waals surface area contributed by atoms with Crippen LogP contribution in [0.25, 0.3) is 0 Å². The number of anilines is 1. The maximum Gasteiger partial charge on any atom is 0.224 e. The summed E-state index contributed by atoms with van der Waals surface area (Å²) >= 11 is 13.4. The summed E-state index contributed by atoms with van der Waals surface area (Å²) in [4.78, 5) is 12.7. The van der Waals surface area contributed by atoms with Gasteiger partial charge in [0.2, 0.25) is 5.95 Å². The first-order chi connectivity index (χ1) is 14.7. The average molecular weight is 479 g/mol. The summed E-state index contributed by atoms with van der Waals surface area (Å²) in [5, 5.41) is 1.57. The number of aromatic nitrogens is 3. The molecule has 0 atom stereocenters. The molecule has 0 aliphatic carbocycles. The summed E-state index contributed by atoms with van der Waals surface area (Å²) in [6.45, 7) is 7.14. The van der Waals surface area contributed by atoms with E-state index in [2.05, 4.69) is 47.9 Å². The number of halogens is 2. The van der Waals surface area contributed by atoms with Crippen LogP contribution in [0, 0.1) is 0 Å². The molecule has 3 aromatic rings. The molecular weight excluding hydrogens is 455 g/mol. The molecule has 0 aliphatic rings. The molecule has 0 unspecified atom stereocenters. The van der Waals surface area contributed by atoms with Gasteiger partial charge >= 0.3 is 0 Å². The Bertz CT molecular complexity index is 1010. The van der Waals surface area contributed by atoms with Crippen LogP contribution < -0.4 is 15.2 Å². The van der Waals surface area contributed by atoms with Gasteiger partial charge in [0, 0.05) is 15.8 Å². The molecule has 2 N–H and O–H groups in total. The van der Waals surface area contributed by atoms with E-state index in [0.29, 0.717) is 39.1 Å². The number of thioether (sulfide) groups is 1. The Labute approximate surface area is 196 Å². The molecule has 0 radical (unpaired) electrons. The van der Waals surface area contributed by atoms with Gasteiger partial charge in [-0.15, -0.1) is 0 Å². The summed E-state index contributed by atoms with van der Waals surface area (Å²) in [6, 6.07) is 13.1. The van der Waals surface area contributed by atoms with Gasteiger partial charge in [0.05, 0.1) is 6.61 Å². The van der Waals surface area contributed by atoms with Gasteiger partial charge in [-0.1, -0.05) is 67.9 Å². The molecule has 0 fully saturated rings. The van der Waals surface area contributed by atoms with E-state index in [1.807, 2.05) is 12.1 Å². The number of benzene rings is 2. The van der Waals surface area contributed by atoms with Crippen LogP contribution >= 0.6 is 35.0 Å². The third-order valence-corrected chi connectivity index (χ3v) is 5.43. The lowest BCUT2D eigenvalue weighted by atomic mass is 9.87. The van der Waals surface area contributed by atoms with Gasteiger partial charge in [-0.05, 0) is 41.3 Å². The fourth-order valence-electron chi connectivity index (χ4n) is 2.65. The average Bonchev–Trinajstić information content (AvgIpc) is 2.68. The van der Waals surface area contributed by atoms with Crippen LogP contribution in [-0.2, 0) is 12.0 Å². The Balaban J connectivity index is 1.52. The number of rotatable bonds is 8. The van der Waals surface area contributed by atoms with Gasteiger partial charge in [0.15, 0.2) is 11.0 Å². The zero-order valence-electron chi connectivity index (χ0n) is 17.6. The van der Waals surface area contributed by atoms with Crippen LogP contribution in [-0.4, -0.2) is 27.3 Å². The highest BCUT2D eigenvalue weighted by molar-refractivity contribution is 7.99. The second-order valence-electron chi connectivity index (χ2n) is 7.76. The van der Waals surface area contributed by atoms with E-state index in [9.17, 15) is 0 Å². The molecule has 0 amide bonds. The zero-order chi connectivity index (χ0) is 22.4. The molecule has 3 rings (SSSR count). The van der Waals surface area contributed by atoms with Crippen molar-refractivity contribution in [3.05, 3.63) is 63.9 Å². The number of nitrogens with zero attached hydrogens (tertiary/aromatic N) is 3. The minimum absolute atomic E-state index is 0.0933. The molecular formula is C22H24Cl2N4O2S. The summed E-state index contributed by atoms with van der Waals surface area (Å²) in [5.74, 6) is 2.59. The lowest BCUT2D eigenvalue weighted by Gasteiger charge is -2.19. The van der Waals surface area contributed by atoms with Gasteiger partial charge < -0.3 is 15.2 Å². The highest BCUT2D eigenvalue weighted by atomic mass is 35.5. The second kappa shape index (κ2) is 10.4. The minimum Gasteiger partial charge on any atom is -0.493 e. The summed E-state index contributed by atoms with van der Waals surface area (Å²) in [7, 11) is 0. The standard InChI is InChI=1S/C22H24Cl2N4O2S/c1-22(2,3)14-4-6-17(7-5-14)30-13-19-26-20(25)28-21(27-19)31-9-8-29-18-11-15(23)10-16(24)12-18/h4-7,10-12H,8-9,13H2,1-3H3,(H2,25,26,27,28). The quantitative estimate of drug-likeness (QED) is 0.323. The van der Waals surface area contributed by atoms with Gasteiger partial charge in [-0.3, -0.25) is 0 Å². The summed E-state index contributed by atoms with van der Waals surface area (Å²) < 4.78 is 11.5. The van der Waals surface area contributed by atoms with Crippen molar-refractivity contribution < 1.29 is 9.47 Å². The van der Waals surface area contributed by atoms with Crippen molar-refractivity contribution in [1.29, 1.82) is 0 Å². The summed E-state index contributed by atoms with van der Waals surface area (Å²) in [6.07, 6.45) is 0. The third-order valence-electron chi connectivity index (χ3n) is 4.19. The lowest BCUT2D eigenvalue weighted by Crippen LogP contribution is -2.11. The molecule has 31 heavy (non-hydrogen) atoms. The molecule has 2 aromatic carbocycles. The van der Waals surface area contributed by atoms with Crippen molar-refractivity contribution in [2.24, 2.45) is 0 Å². The number of ether oxygens (including phenoxy) is 2. The van der Waals surface area contributed by atoms with Crippen LogP contribution in [0.5, 0.6) is 11.5 Å². The highest BCUT2D eigenvalue weighted by Crippen LogP contribution is 2.26. The van der Waals surface area contributed by atoms with Crippen LogP contribution in [0.2, 0.25) is 10.0 Å². The Morgan fingerprint density at radius 3 is 2.23 bits per heavy atom. The van der Waals surface area contributed by atoms with E-state index in [0.717, 1.165) is 5.75 Å². The van der Waals surface area contributed by atoms with Gasteiger partial charge in [-0.25, -0.2) is 4.98 Å². The molecule has 9 heteroatoms. The van der Waals surface area contributed by atoms with Gasteiger partial charge in [0.1, 0.15) is 18.1 Å². The molecule has 0 bridgehead atoms. The maximum atomic E-state index is 5.97. The van der Waals surface area contributed by atoms with E-state index in [1.54, 1.807) is 18.2 Å². The molecule has 0 saturated heterocycles. The predicted molar refractivity (Wildman–Crippen MR) is 126 cm³/mol. The number of hydrogen-bond acceptors (Lipinski definition) is 7. The number of hydrogen-bond donors (Lipinski definition) is 1. The zero-order valence-corrected chi connectivity index (χ0v) is 19.9. The van der Waals surface area contributed by atoms with Gasteiger partial charge in [0.25, 0.3) is 0 Å². The molecule has 1 aromatic heterocycles. The fourth-order valence-corrected chi connectivity index (χ4v) is 3.83. The van der Waals surface area contributed by atoms with Crippen LogP contribution in [0.1, 0.15) is 32.2 Å². The second-order valence-corrected chi connectivity index (χ2v) is 9.69. The largest absolute Gasteiger partial charge is 0.493 e. The molecule has 0 aliphatic heterocycles. The van der Waals surface area contributed by atoms with E-state index >= 15 is 0 Å². The minimum atomic E-state index is 0.0933. The Morgan fingerprint density at radius 2 is 1.58 bits per heavy atom. The molecule has 164 valence electrons. The van der Waals surface area contributed by atoms with Crippen molar-refractivity contribution in [2.75, 3.05) is 18.1 Å². The van der Waals surface area contributed by atoms with E-state index in [1.165, 1.54) is 17.3 Å². The van der Waals surface area contributed by atoms with Crippen molar-refractivity contribution in [3.8, 4) is 11.5 Å². The van der Waals surface area contributed by atoms with Crippen LogP contribution in [0.4, 0.5) is 5.95 Å². The third kappa shape index (κ3) is 7.45. The Hall–Kier alpha value is -2.22. The first-order valence-electron chi connectivity index (χ1n) is 9.64. The Morgan fingerprint density at radius 1 is 0.903 bits per heavy atom. The monoisotopic (exact) mass is 478 g/mol. The fraction of sp³-hybridized carbons (Fsp3) is 0.318. The topological polar surface area (TPSA) is 83.2 Å². The molecule has 0 spiro atoms. The maximum absolute atomic E-state index is 5.97. The molecule has 0 saturated carbocycles. The smallest absolute Gasteiger partial charge is 0.224 e. The molecule has 1 heterocycles. The normalized spacial score (nSPS) is 11.4. The van der Waals surface area contributed by atoms with Crippen molar-refractivity contribution in [2.45, 2.75) is 37.9 Å². The lowest BCUT2D eigenvalue weighted by molar-refractivity contribution is 0.294. The van der Waals surface area contributed by atoms with E-state index in [4.69, 9.17) is 38.4 Å². The SMILES string of the molecule is CC(C)(C)c1ccc(OCc2nc(N)nc(SCCOc3cc(Cl)cc(Cl)c3)n2)cc1. The van der Waals surface area contributed by atoms with Crippen molar-refractivity contribution in [3.63, 3.8) is 0 Å². The van der Waals surface area contributed by atoms with Crippen LogP contribution in [0.3, 0.4) is 0 Å². The number of nitrogen functional groups attached to an aromatic ring is 1. The number of nitrogens with two attached hydrogens (primary N) is 1. The first kappa shape index (κ1) is 23.4. The molecule has 6 nitrogen and oxygen atoms in total. The first-order valence-corrected chi connectivity index (χ1v) is 11.4. The highest BCUT2D eigenvalue weighted by Gasteiger charge is 2.13. The van der Waals surface area contributed by atoms with E-state index in [-0.39, 0.29) is 18.0 Å². The van der Waals surface area contributed by atoms with Crippen molar-refractivity contribution >= 4 is 40.9 Å². The predicted octanol–water partition coefficient (Wildman–Crippen LogP) is 5.81. The van der Waals surface area contributed by atoms with E-state index < -0.39 is 0 Å².